The molecule has 1 rings (SSSR count). The molecule has 23 heavy (non-hydrogen) atoms. The van der Waals surface area contributed by atoms with Crippen LogP contribution in [0.4, 0.5) is 0 Å². The molecule has 0 N–H and O–H groups in total. The van der Waals surface area contributed by atoms with Crippen LogP contribution < -0.4 is 0 Å². The van der Waals surface area contributed by atoms with E-state index < -0.39 is 0 Å². The average molecular weight is 312 g/mol. The molecule has 0 heterocycles. The summed E-state index contributed by atoms with van der Waals surface area (Å²) in [5, 5.41) is 0. The Morgan fingerprint density at radius 3 is 2.00 bits per heavy atom. The Kier molecular flexibility index (Phi) is 13.2. The molecule has 124 valence electrons. The Balaban J connectivity index is 0. The normalized spacial score (nSPS) is 17.4. The molecular formula is C21H28O2. The molecule has 0 saturated carbocycles. The van der Waals surface area contributed by atoms with Gasteiger partial charge in [0.15, 0.2) is 11.6 Å². The van der Waals surface area contributed by atoms with Gasteiger partial charge in [-0.1, -0.05) is 64.7 Å². The monoisotopic (exact) mass is 312 g/mol. The van der Waals surface area contributed by atoms with E-state index in [4.69, 9.17) is 6.42 Å². The summed E-state index contributed by atoms with van der Waals surface area (Å²) in [6, 6.07) is 0. The number of allylic oxidation sites excluding steroid dienone is 9. The molecule has 0 amide bonds. The number of rotatable bonds is 3. The van der Waals surface area contributed by atoms with Crippen LogP contribution in [-0.2, 0) is 9.59 Å². The van der Waals surface area contributed by atoms with Crippen LogP contribution in [0.2, 0.25) is 0 Å². The lowest BCUT2D eigenvalue weighted by atomic mass is 9.80. The lowest BCUT2D eigenvalue weighted by Crippen LogP contribution is -2.24. The van der Waals surface area contributed by atoms with E-state index in [1.807, 2.05) is 34.6 Å². The third kappa shape index (κ3) is 5.71. The number of ketones is 2. The molecular weight excluding hydrogens is 284 g/mol. The summed E-state index contributed by atoms with van der Waals surface area (Å²) >= 11 is 0. The van der Waals surface area contributed by atoms with Crippen LogP contribution in [0.3, 0.4) is 0 Å². The molecule has 0 unspecified atom stereocenters. The van der Waals surface area contributed by atoms with Crippen LogP contribution in [-0.4, -0.2) is 11.6 Å². The fourth-order valence-electron chi connectivity index (χ4n) is 1.95. The Morgan fingerprint density at radius 2 is 1.61 bits per heavy atom. The van der Waals surface area contributed by atoms with Gasteiger partial charge in [0.05, 0.1) is 0 Å². The van der Waals surface area contributed by atoms with E-state index in [1.54, 1.807) is 31.2 Å². The van der Waals surface area contributed by atoms with Crippen molar-refractivity contribution in [3.05, 3.63) is 59.3 Å². The predicted molar refractivity (Wildman–Crippen MR) is 100 cm³/mol. The molecule has 0 saturated heterocycles. The second kappa shape index (κ2) is 13.3. The van der Waals surface area contributed by atoms with Gasteiger partial charge in [0, 0.05) is 28.7 Å². The minimum Gasteiger partial charge on any atom is -0.289 e. The summed E-state index contributed by atoms with van der Waals surface area (Å²) in [5.41, 5.74) is 1.46. The van der Waals surface area contributed by atoms with E-state index in [9.17, 15) is 9.59 Å². The standard InChI is InChI=1S/C17H16O2.2C2H6/c1-5-9-11-15-13(8-4)16(18)14(10-6-2)12(7-3)17(15)19;2*1-2/h2,5,7-9,11H,3,10H2,1,4H3;2*1-2H3/b9-5-,13-8+,15-11+;;. The predicted octanol–water partition coefficient (Wildman–Crippen LogP) is 5.15. The molecule has 2 nitrogen and oxygen atoms in total. The average Bonchev–Trinajstić information content (AvgIpc) is 2.60. The lowest BCUT2D eigenvalue weighted by molar-refractivity contribution is -0.116. The Labute approximate surface area is 141 Å². The van der Waals surface area contributed by atoms with Gasteiger partial charge in [-0.3, -0.25) is 9.59 Å². The minimum atomic E-state index is -0.203. The molecule has 0 aliphatic heterocycles. The molecule has 1 aliphatic rings. The van der Waals surface area contributed by atoms with Gasteiger partial charge in [-0.15, -0.1) is 12.3 Å². The van der Waals surface area contributed by atoms with Crippen molar-refractivity contribution in [1.29, 1.82) is 0 Å². The van der Waals surface area contributed by atoms with Crippen molar-refractivity contribution < 1.29 is 9.59 Å². The highest BCUT2D eigenvalue weighted by Crippen LogP contribution is 2.30. The van der Waals surface area contributed by atoms with Crippen LogP contribution in [0.1, 0.15) is 48.0 Å². The number of hydrogen-bond donors (Lipinski definition) is 0. The van der Waals surface area contributed by atoms with Gasteiger partial charge in [0.1, 0.15) is 0 Å². The fraction of sp³-hybridized carbons (Fsp3) is 0.333. The van der Waals surface area contributed by atoms with E-state index in [1.165, 1.54) is 6.08 Å². The molecule has 0 fully saturated rings. The zero-order chi connectivity index (χ0) is 18.4. The van der Waals surface area contributed by atoms with Crippen LogP contribution in [0, 0.1) is 12.3 Å². The Bertz CT molecular complexity index is 588. The highest BCUT2D eigenvalue weighted by atomic mass is 16.1. The number of hydrogen-bond acceptors (Lipinski definition) is 2. The SMILES string of the molecule is C#CCC1=C(C=C)C(=O)C(=C/C=C\C)/C(=C\C)C1=O.CC.CC. The zero-order valence-corrected chi connectivity index (χ0v) is 15.2. The van der Waals surface area contributed by atoms with E-state index in [-0.39, 0.29) is 18.0 Å². The van der Waals surface area contributed by atoms with Crippen molar-refractivity contribution in [2.75, 3.05) is 0 Å². The van der Waals surface area contributed by atoms with E-state index in [0.717, 1.165) is 0 Å². The molecule has 0 spiro atoms. The summed E-state index contributed by atoms with van der Waals surface area (Å²) in [6.45, 7) is 15.2. The van der Waals surface area contributed by atoms with Crippen molar-refractivity contribution in [3.8, 4) is 12.3 Å². The molecule has 0 atom stereocenters. The van der Waals surface area contributed by atoms with Gasteiger partial charge in [0.2, 0.25) is 0 Å². The van der Waals surface area contributed by atoms with Crippen molar-refractivity contribution in [2.24, 2.45) is 0 Å². The molecule has 0 radical (unpaired) electrons. The number of terminal acetylenes is 1. The number of carbonyl (C=O) groups is 2. The first kappa shape index (κ1) is 22.9. The van der Waals surface area contributed by atoms with Crippen molar-refractivity contribution >= 4 is 11.6 Å². The molecule has 0 bridgehead atoms. The maximum absolute atomic E-state index is 12.4. The van der Waals surface area contributed by atoms with Crippen LogP contribution >= 0.6 is 0 Å². The second-order valence-corrected chi connectivity index (χ2v) is 3.94. The van der Waals surface area contributed by atoms with Crippen LogP contribution in [0.15, 0.2) is 59.3 Å². The smallest absolute Gasteiger partial charge is 0.194 e. The largest absolute Gasteiger partial charge is 0.289 e. The fourth-order valence-corrected chi connectivity index (χ4v) is 1.95. The van der Waals surface area contributed by atoms with E-state index in [0.29, 0.717) is 22.3 Å². The molecule has 0 aromatic rings. The van der Waals surface area contributed by atoms with Gasteiger partial charge >= 0.3 is 0 Å². The molecule has 0 aromatic carbocycles. The van der Waals surface area contributed by atoms with Crippen molar-refractivity contribution in [3.63, 3.8) is 0 Å². The topological polar surface area (TPSA) is 34.1 Å². The summed E-state index contributed by atoms with van der Waals surface area (Å²) in [6.07, 6.45) is 13.6. The third-order valence-electron chi connectivity index (χ3n) is 2.85. The van der Waals surface area contributed by atoms with Gasteiger partial charge < -0.3 is 0 Å². The molecule has 1 aliphatic carbocycles. The first-order valence-electron chi connectivity index (χ1n) is 8.00. The number of Topliss-reactive ketones (excluding diaryl/α,β-unsaturated/α-hetero) is 2. The van der Waals surface area contributed by atoms with Gasteiger partial charge in [-0.05, 0) is 13.8 Å². The quantitative estimate of drug-likeness (QED) is 0.534. The zero-order valence-electron chi connectivity index (χ0n) is 15.2. The maximum Gasteiger partial charge on any atom is 0.194 e. The van der Waals surface area contributed by atoms with E-state index >= 15 is 0 Å². The van der Waals surface area contributed by atoms with E-state index in [2.05, 4.69) is 12.5 Å². The van der Waals surface area contributed by atoms with Crippen molar-refractivity contribution in [2.45, 2.75) is 48.0 Å². The summed E-state index contributed by atoms with van der Waals surface area (Å²) in [5.74, 6) is 2.02. The summed E-state index contributed by atoms with van der Waals surface area (Å²) in [4.78, 5) is 24.7. The maximum atomic E-state index is 12.4. The van der Waals surface area contributed by atoms with Gasteiger partial charge in [-0.2, -0.15) is 0 Å². The van der Waals surface area contributed by atoms with Crippen molar-refractivity contribution in [1.82, 2.24) is 0 Å². The minimum absolute atomic E-state index is 0.139. The van der Waals surface area contributed by atoms with Gasteiger partial charge in [0.25, 0.3) is 0 Å². The Morgan fingerprint density at radius 1 is 1.04 bits per heavy atom. The van der Waals surface area contributed by atoms with Crippen LogP contribution in [0.5, 0.6) is 0 Å². The summed E-state index contributed by atoms with van der Waals surface area (Å²) < 4.78 is 0. The first-order chi connectivity index (χ1) is 11.1. The Hall–Kier alpha value is -2.40. The lowest BCUT2D eigenvalue weighted by Gasteiger charge is -2.20. The highest BCUT2D eigenvalue weighted by Gasteiger charge is 2.32. The highest BCUT2D eigenvalue weighted by molar-refractivity contribution is 6.30. The van der Waals surface area contributed by atoms with Gasteiger partial charge in [-0.25, -0.2) is 0 Å². The number of carbonyl (C=O) groups excluding carboxylic acids is 2. The summed E-state index contributed by atoms with van der Waals surface area (Å²) in [7, 11) is 0. The third-order valence-corrected chi connectivity index (χ3v) is 2.85. The first-order valence-corrected chi connectivity index (χ1v) is 8.00. The second-order valence-electron chi connectivity index (χ2n) is 3.94. The molecule has 0 aromatic heterocycles. The van der Waals surface area contributed by atoms with Crippen LogP contribution in [0.25, 0.3) is 0 Å². The molecule has 2 heteroatoms.